The molecule has 0 saturated carbocycles. The molecule has 3 rings (SSSR count). The fourth-order valence-corrected chi connectivity index (χ4v) is 2.49. The third-order valence-corrected chi connectivity index (χ3v) is 3.81. The van der Waals surface area contributed by atoms with Gasteiger partial charge in [-0.05, 0) is 35.9 Å². The van der Waals surface area contributed by atoms with E-state index in [1.54, 1.807) is 36.7 Å². The van der Waals surface area contributed by atoms with Gasteiger partial charge < -0.3 is 26.0 Å². The number of pyridine rings is 1. The number of rotatable bonds is 5. The summed E-state index contributed by atoms with van der Waals surface area (Å²) in [6.45, 7) is 2.15. The number of hydrogen-bond acceptors (Lipinski definition) is 5. The van der Waals surface area contributed by atoms with Gasteiger partial charge in [0.05, 0.1) is 6.61 Å². The summed E-state index contributed by atoms with van der Waals surface area (Å²) >= 11 is 0. The lowest BCUT2D eigenvalue weighted by Crippen LogP contribution is -2.45. The third-order valence-electron chi connectivity index (χ3n) is 3.81. The number of amides is 3. The molecule has 1 unspecified atom stereocenters. The van der Waals surface area contributed by atoms with Gasteiger partial charge in [0.2, 0.25) is 0 Å². The van der Waals surface area contributed by atoms with Crippen molar-refractivity contribution in [3.63, 3.8) is 0 Å². The molecule has 2 heterocycles. The van der Waals surface area contributed by atoms with E-state index < -0.39 is 6.10 Å². The highest BCUT2D eigenvalue weighted by Gasteiger charge is 2.21. The molecular formula is C18H21N5O3. The summed E-state index contributed by atoms with van der Waals surface area (Å²) in [7, 11) is 0. The predicted molar refractivity (Wildman–Crippen MR) is 97.8 cm³/mol. The van der Waals surface area contributed by atoms with Crippen LogP contribution in [0.3, 0.4) is 0 Å². The number of urea groups is 1. The fraction of sp³-hybridized carbons (Fsp3) is 0.278. The molecule has 8 heteroatoms. The number of nitrogens with one attached hydrogen (secondary N) is 4. The minimum Gasteiger partial charge on any atom is -0.366 e. The highest BCUT2D eigenvalue weighted by atomic mass is 16.5. The summed E-state index contributed by atoms with van der Waals surface area (Å²) in [5.74, 6) is -0.212. The molecule has 4 N–H and O–H groups in total. The van der Waals surface area contributed by atoms with Gasteiger partial charge in [-0.15, -0.1) is 0 Å². The van der Waals surface area contributed by atoms with E-state index in [0.717, 1.165) is 12.1 Å². The maximum Gasteiger partial charge on any atom is 0.319 e. The quantitative estimate of drug-likeness (QED) is 0.648. The summed E-state index contributed by atoms with van der Waals surface area (Å²) in [4.78, 5) is 28.1. The van der Waals surface area contributed by atoms with Crippen molar-refractivity contribution >= 4 is 23.3 Å². The maximum absolute atomic E-state index is 12.2. The van der Waals surface area contributed by atoms with E-state index in [1.807, 2.05) is 12.1 Å². The molecule has 2 aromatic rings. The second-order valence-corrected chi connectivity index (χ2v) is 5.80. The molecule has 0 radical (unpaired) electrons. The second-order valence-electron chi connectivity index (χ2n) is 5.80. The van der Waals surface area contributed by atoms with Crippen LogP contribution >= 0.6 is 0 Å². The largest absolute Gasteiger partial charge is 0.366 e. The molecule has 1 aromatic carbocycles. The molecule has 0 bridgehead atoms. The molecule has 1 saturated heterocycles. The van der Waals surface area contributed by atoms with Crippen LogP contribution in [-0.2, 0) is 16.1 Å². The molecule has 0 aliphatic carbocycles. The number of anilines is 2. The number of morpholine rings is 1. The van der Waals surface area contributed by atoms with Crippen molar-refractivity contribution in [2.45, 2.75) is 12.6 Å². The van der Waals surface area contributed by atoms with E-state index >= 15 is 0 Å². The first-order valence-electron chi connectivity index (χ1n) is 8.38. The summed E-state index contributed by atoms with van der Waals surface area (Å²) in [5.41, 5.74) is 2.13. The molecule has 136 valence electrons. The number of nitrogens with zero attached hydrogens (tertiary/aromatic N) is 1. The second kappa shape index (κ2) is 8.93. The zero-order valence-corrected chi connectivity index (χ0v) is 14.2. The number of aromatic nitrogens is 1. The van der Waals surface area contributed by atoms with E-state index in [2.05, 4.69) is 26.3 Å². The Hall–Kier alpha value is -2.97. The van der Waals surface area contributed by atoms with Crippen LogP contribution in [0.1, 0.15) is 5.56 Å². The van der Waals surface area contributed by atoms with Crippen molar-refractivity contribution < 1.29 is 14.3 Å². The lowest BCUT2D eigenvalue weighted by atomic mass is 10.2. The van der Waals surface area contributed by atoms with E-state index in [-0.39, 0.29) is 11.9 Å². The van der Waals surface area contributed by atoms with Crippen LogP contribution in [0.4, 0.5) is 16.2 Å². The summed E-state index contributed by atoms with van der Waals surface area (Å²) < 4.78 is 5.42. The zero-order valence-electron chi connectivity index (χ0n) is 14.2. The van der Waals surface area contributed by atoms with E-state index in [9.17, 15) is 9.59 Å². The van der Waals surface area contributed by atoms with Gasteiger partial charge in [0.25, 0.3) is 5.91 Å². The molecule has 1 fully saturated rings. The van der Waals surface area contributed by atoms with Crippen LogP contribution in [0.25, 0.3) is 0 Å². The van der Waals surface area contributed by atoms with Gasteiger partial charge in [0.1, 0.15) is 6.10 Å². The van der Waals surface area contributed by atoms with Gasteiger partial charge >= 0.3 is 6.03 Å². The smallest absolute Gasteiger partial charge is 0.319 e. The minimum absolute atomic E-state index is 0.212. The minimum atomic E-state index is -0.510. The van der Waals surface area contributed by atoms with Crippen LogP contribution in [0.15, 0.2) is 48.8 Å². The molecule has 1 aliphatic heterocycles. The highest BCUT2D eigenvalue weighted by Crippen LogP contribution is 2.16. The van der Waals surface area contributed by atoms with Crippen LogP contribution in [0.2, 0.25) is 0 Å². The molecule has 1 aromatic heterocycles. The van der Waals surface area contributed by atoms with Gasteiger partial charge in [-0.25, -0.2) is 4.79 Å². The van der Waals surface area contributed by atoms with Gasteiger partial charge in [0, 0.05) is 43.4 Å². The molecule has 26 heavy (non-hydrogen) atoms. The standard InChI is InChI=1S/C18H21N5O3/c24-17(16-12-20-8-9-26-16)22-14-2-1-3-15(10-14)23-18(25)21-11-13-4-6-19-7-5-13/h1-7,10,16,20H,8-9,11-12H2,(H,22,24)(H2,21,23,25). The first-order chi connectivity index (χ1) is 12.7. The Morgan fingerprint density at radius 1 is 1.15 bits per heavy atom. The number of hydrogen-bond donors (Lipinski definition) is 4. The molecule has 1 aliphatic rings. The summed E-state index contributed by atoms with van der Waals surface area (Å²) in [6.07, 6.45) is 2.84. The Morgan fingerprint density at radius 3 is 2.65 bits per heavy atom. The molecule has 3 amide bonds. The van der Waals surface area contributed by atoms with Crippen LogP contribution in [0, 0.1) is 0 Å². The highest BCUT2D eigenvalue weighted by molar-refractivity contribution is 5.96. The first-order valence-corrected chi connectivity index (χ1v) is 8.38. The number of carbonyl (C=O) groups is 2. The monoisotopic (exact) mass is 355 g/mol. The zero-order chi connectivity index (χ0) is 18.2. The summed E-state index contributed by atoms with van der Waals surface area (Å²) in [6, 6.07) is 10.3. The Balaban J connectivity index is 1.51. The lowest BCUT2D eigenvalue weighted by Gasteiger charge is -2.22. The van der Waals surface area contributed by atoms with Gasteiger partial charge in [-0.3, -0.25) is 9.78 Å². The molecule has 8 nitrogen and oxygen atoms in total. The summed E-state index contributed by atoms with van der Waals surface area (Å²) in [5, 5.41) is 11.4. The van der Waals surface area contributed by atoms with E-state index in [0.29, 0.717) is 31.1 Å². The topological polar surface area (TPSA) is 104 Å². The molecular weight excluding hydrogens is 334 g/mol. The number of carbonyl (C=O) groups excluding carboxylic acids is 2. The first kappa shape index (κ1) is 17.8. The van der Waals surface area contributed by atoms with Crippen molar-refractivity contribution in [3.8, 4) is 0 Å². The van der Waals surface area contributed by atoms with Crippen molar-refractivity contribution in [1.82, 2.24) is 15.6 Å². The third kappa shape index (κ3) is 5.27. The predicted octanol–water partition coefficient (Wildman–Crippen LogP) is 1.33. The van der Waals surface area contributed by atoms with E-state index in [4.69, 9.17) is 4.74 Å². The van der Waals surface area contributed by atoms with Crippen molar-refractivity contribution in [2.24, 2.45) is 0 Å². The van der Waals surface area contributed by atoms with Crippen LogP contribution in [-0.4, -0.2) is 42.7 Å². The number of ether oxygens (including phenoxy) is 1. The van der Waals surface area contributed by atoms with Crippen molar-refractivity contribution in [3.05, 3.63) is 54.4 Å². The van der Waals surface area contributed by atoms with Gasteiger partial charge in [0.15, 0.2) is 0 Å². The normalized spacial score (nSPS) is 16.5. The fourth-order valence-electron chi connectivity index (χ4n) is 2.49. The Bertz CT molecular complexity index is 748. The van der Waals surface area contributed by atoms with Crippen molar-refractivity contribution in [1.29, 1.82) is 0 Å². The Morgan fingerprint density at radius 2 is 1.92 bits per heavy atom. The number of benzene rings is 1. The van der Waals surface area contributed by atoms with Crippen LogP contribution < -0.4 is 21.3 Å². The van der Waals surface area contributed by atoms with Crippen molar-refractivity contribution in [2.75, 3.05) is 30.3 Å². The Kier molecular flexibility index (Phi) is 6.13. The average molecular weight is 355 g/mol. The Labute approximate surface area is 151 Å². The van der Waals surface area contributed by atoms with Gasteiger partial charge in [-0.2, -0.15) is 0 Å². The average Bonchev–Trinajstić information content (AvgIpc) is 2.68. The lowest BCUT2D eigenvalue weighted by molar-refractivity contribution is -0.128. The SMILES string of the molecule is O=C(NCc1ccncc1)Nc1cccc(NC(=O)C2CNCCO2)c1. The maximum atomic E-state index is 12.2. The van der Waals surface area contributed by atoms with E-state index in [1.165, 1.54) is 0 Å². The van der Waals surface area contributed by atoms with Crippen LogP contribution in [0.5, 0.6) is 0 Å². The van der Waals surface area contributed by atoms with Gasteiger partial charge in [-0.1, -0.05) is 6.07 Å². The molecule has 0 spiro atoms. The molecule has 1 atom stereocenters.